The molecule has 6 nitrogen and oxygen atoms in total. The molecule has 1 unspecified atom stereocenters. The molecule has 1 amide bonds. The first-order chi connectivity index (χ1) is 11.5. The number of carbonyl (C=O) groups excluding carboxylic acids is 1. The zero-order chi connectivity index (χ0) is 16.8. The van der Waals surface area contributed by atoms with E-state index in [0.29, 0.717) is 17.0 Å². The van der Waals surface area contributed by atoms with Crippen molar-refractivity contribution in [1.82, 2.24) is 19.5 Å². The number of rotatable bonds is 2. The molecule has 1 fully saturated rings. The number of primary amides is 1. The van der Waals surface area contributed by atoms with Gasteiger partial charge in [-0.05, 0) is 57.5 Å². The second-order valence-electron chi connectivity index (χ2n) is 6.63. The minimum atomic E-state index is -0.659. The number of nitrogens with two attached hydrogens (primary N) is 1. The molecule has 0 saturated carbocycles. The highest BCUT2D eigenvalue weighted by Gasteiger charge is 2.23. The summed E-state index contributed by atoms with van der Waals surface area (Å²) < 4.78 is 15.5. The van der Waals surface area contributed by atoms with Crippen LogP contribution in [-0.2, 0) is 0 Å². The summed E-state index contributed by atoms with van der Waals surface area (Å²) in [6.07, 6.45) is 5.15. The summed E-state index contributed by atoms with van der Waals surface area (Å²) in [7, 11) is 2.14. The van der Waals surface area contributed by atoms with E-state index in [1.165, 1.54) is 12.1 Å². The average Bonchev–Trinajstić information content (AvgIpc) is 3.00. The van der Waals surface area contributed by atoms with E-state index in [0.717, 1.165) is 43.6 Å². The van der Waals surface area contributed by atoms with Crippen LogP contribution < -0.4 is 5.73 Å². The number of nitrogens with zero attached hydrogens (tertiary/aromatic N) is 3. The second kappa shape index (κ2) is 5.59. The van der Waals surface area contributed by atoms with Crippen LogP contribution in [0, 0.1) is 5.82 Å². The van der Waals surface area contributed by atoms with E-state index in [4.69, 9.17) is 5.73 Å². The SMILES string of the molecule is CN1CCCC(c2cnn3c2[nH]c2cc(F)cc(C(N)=O)c23)CC1. The maximum atomic E-state index is 13.8. The normalized spacial score (nSPS) is 19.8. The van der Waals surface area contributed by atoms with Crippen LogP contribution in [0.15, 0.2) is 18.3 Å². The smallest absolute Gasteiger partial charge is 0.251 e. The van der Waals surface area contributed by atoms with E-state index >= 15 is 0 Å². The molecule has 0 spiro atoms. The highest BCUT2D eigenvalue weighted by molar-refractivity contribution is 6.05. The Morgan fingerprint density at radius 3 is 3.00 bits per heavy atom. The van der Waals surface area contributed by atoms with Crippen LogP contribution in [0.25, 0.3) is 16.7 Å². The molecule has 3 N–H and O–H groups in total. The topological polar surface area (TPSA) is 79.4 Å². The van der Waals surface area contributed by atoms with Crippen molar-refractivity contribution in [2.24, 2.45) is 5.73 Å². The monoisotopic (exact) mass is 329 g/mol. The first kappa shape index (κ1) is 15.1. The number of benzene rings is 1. The van der Waals surface area contributed by atoms with Gasteiger partial charge in [0.25, 0.3) is 5.91 Å². The first-order valence-corrected chi connectivity index (χ1v) is 8.22. The summed E-state index contributed by atoms with van der Waals surface area (Å²) in [5, 5.41) is 4.45. The molecule has 3 heterocycles. The van der Waals surface area contributed by atoms with Crippen molar-refractivity contribution in [3.05, 3.63) is 35.3 Å². The van der Waals surface area contributed by atoms with Gasteiger partial charge in [0.1, 0.15) is 17.0 Å². The number of nitrogens with one attached hydrogen (secondary N) is 1. The highest BCUT2D eigenvalue weighted by Crippen LogP contribution is 2.32. The molecule has 126 valence electrons. The minimum absolute atomic E-state index is 0.145. The largest absolute Gasteiger partial charge is 0.366 e. The van der Waals surface area contributed by atoms with Gasteiger partial charge < -0.3 is 15.6 Å². The highest BCUT2D eigenvalue weighted by atomic mass is 19.1. The minimum Gasteiger partial charge on any atom is -0.366 e. The molecule has 4 rings (SSSR count). The fourth-order valence-corrected chi connectivity index (χ4v) is 3.74. The summed E-state index contributed by atoms with van der Waals surface area (Å²) >= 11 is 0. The van der Waals surface area contributed by atoms with Crippen molar-refractivity contribution in [3.8, 4) is 0 Å². The second-order valence-corrected chi connectivity index (χ2v) is 6.63. The van der Waals surface area contributed by atoms with Crippen molar-refractivity contribution in [3.63, 3.8) is 0 Å². The number of fused-ring (bicyclic) bond motifs is 3. The Morgan fingerprint density at radius 2 is 2.21 bits per heavy atom. The molecule has 7 heteroatoms. The van der Waals surface area contributed by atoms with Crippen LogP contribution in [0.5, 0.6) is 0 Å². The van der Waals surface area contributed by atoms with E-state index in [2.05, 4.69) is 22.0 Å². The van der Waals surface area contributed by atoms with Crippen molar-refractivity contribution in [2.75, 3.05) is 20.1 Å². The van der Waals surface area contributed by atoms with Crippen molar-refractivity contribution < 1.29 is 9.18 Å². The Bertz CT molecular complexity index is 928. The summed E-state index contributed by atoms with van der Waals surface area (Å²) in [6, 6.07) is 2.54. The third-order valence-electron chi connectivity index (χ3n) is 4.99. The molecule has 1 aliphatic rings. The molecule has 0 aliphatic carbocycles. The van der Waals surface area contributed by atoms with Gasteiger partial charge in [0.05, 0.1) is 17.3 Å². The predicted molar refractivity (Wildman–Crippen MR) is 89.6 cm³/mol. The van der Waals surface area contributed by atoms with Crippen molar-refractivity contribution >= 4 is 22.6 Å². The fourth-order valence-electron chi connectivity index (χ4n) is 3.74. The molecule has 1 saturated heterocycles. The third-order valence-corrected chi connectivity index (χ3v) is 4.99. The lowest BCUT2D eigenvalue weighted by atomic mass is 9.94. The number of aromatic nitrogens is 3. The lowest BCUT2D eigenvalue weighted by molar-refractivity contribution is 0.100. The van der Waals surface area contributed by atoms with Gasteiger partial charge in [-0.25, -0.2) is 8.91 Å². The van der Waals surface area contributed by atoms with Crippen LogP contribution in [0.1, 0.15) is 41.1 Å². The number of carbonyl (C=O) groups is 1. The molecule has 2 aromatic heterocycles. The van der Waals surface area contributed by atoms with E-state index in [1.807, 2.05) is 6.20 Å². The van der Waals surface area contributed by atoms with Gasteiger partial charge in [0.15, 0.2) is 0 Å². The van der Waals surface area contributed by atoms with Crippen LogP contribution in [0.4, 0.5) is 4.39 Å². The van der Waals surface area contributed by atoms with Gasteiger partial charge in [0, 0.05) is 5.56 Å². The van der Waals surface area contributed by atoms with Crippen LogP contribution in [0.3, 0.4) is 0 Å². The number of halogens is 1. The van der Waals surface area contributed by atoms with Gasteiger partial charge in [0.2, 0.25) is 0 Å². The van der Waals surface area contributed by atoms with Crippen LogP contribution >= 0.6 is 0 Å². The van der Waals surface area contributed by atoms with Gasteiger partial charge in [-0.15, -0.1) is 0 Å². The Kier molecular flexibility index (Phi) is 3.53. The first-order valence-electron chi connectivity index (χ1n) is 8.22. The number of imidazole rings is 1. The van der Waals surface area contributed by atoms with Gasteiger partial charge in [-0.1, -0.05) is 0 Å². The number of H-pyrrole nitrogens is 1. The summed E-state index contributed by atoms with van der Waals surface area (Å²) in [5.74, 6) is -0.741. The zero-order valence-electron chi connectivity index (χ0n) is 13.6. The number of likely N-dealkylation sites (tertiary alicyclic amines) is 1. The molecule has 1 aliphatic heterocycles. The number of hydrogen-bond donors (Lipinski definition) is 2. The Balaban J connectivity index is 1.88. The molecule has 24 heavy (non-hydrogen) atoms. The molecule has 0 radical (unpaired) electrons. The van der Waals surface area contributed by atoms with E-state index < -0.39 is 11.7 Å². The molecule has 1 aromatic carbocycles. The number of hydrogen-bond acceptors (Lipinski definition) is 3. The predicted octanol–water partition coefficient (Wildman–Crippen LogP) is 2.25. The third kappa shape index (κ3) is 2.36. The quantitative estimate of drug-likeness (QED) is 0.757. The Labute approximate surface area is 138 Å². The van der Waals surface area contributed by atoms with Crippen molar-refractivity contribution in [1.29, 1.82) is 0 Å². The maximum absolute atomic E-state index is 13.8. The molecule has 1 atom stereocenters. The van der Waals surface area contributed by atoms with E-state index in [-0.39, 0.29) is 5.56 Å². The lowest BCUT2D eigenvalue weighted by Crippen LogP contribution is -2.18. The lowest BCUT2D eigenvalue weighted by Gasteiger charge is -2.13. The molecular weight excluding hydrogens is 309 g/mol. The summed E-state index contributed by atoms with van der Waals surface area (Å²) in [5.41, 5.74) is 8.59. The fraction of sp³-hybridized carbons (Fsp3) is 0.412. The molecule has 3 aromatic rings. The van der Waals surface area contributed by atoms with Gasteiger partial charge >= 0.3 is 0 Å². The zero-order valence-corrected chi connectivity index (χ0v) is 13.6. The summed E-state index contributed by atoms with van der Waals surface area (Å²) in [6.45, 7) is 2.15. The summed E-state index contributed by atoms with van der Waals surface area (Å²) in [4.78, 5) is 17.3. The Morgan fingerprint density at radius 1 is 1.38 bits per heavy atom. The van der Waals surface area contributed by atoms with Crippen LogP contribution in [-0.4, -0.2) is 45.5 Å². The molecule has 0 bridgehead atoms. The van der Waals surface area contributed by atoms with Crippen LogP contribution in [0.2, 0.25) is 0 Å². The number of aromatic amines is 1. The van der Waals surface area contributed by atoms with E-state index in [9.17, 15) is 9.18 Å². The van der Waals surface area contributed by atoms with E-state index in [1.54, 1.807) is 4.52 Å². The molecular formula is C17H20FN5O. The number of amides is 1. The van der Waals surface area contributed by atoms with Gasteiger partial charge in [-0.3, -0.25) is 4.79 Å². The van der Waals surface area contributed by atoms with Gasteiger partial charge in [-0.2, -0.15) is 5.10 Å². The Hall–Kier alpha value is -2.41. The maximum Gasteiger partial charge on any atom is 0.251 e. The average molecular weight is 329 g/mol. The standard InChI is InChI=1S/C17H20FN5O/c1-22-5-2-3-10(4-6-22)13-9-20-23-15-12(16(19)24)7-11(18)8-14(15)21-17(13)23/h7-10,21H,2-6H2,1H3,(H2,19,24). The van der Waals surface area contributed by atoms with Crippen molar-refractivity contribution in [2.45, 2.75) is 25.2 Å².